The van der Waals surface area contributed by atoms with Crippen LogP contribution in [0, 0.1) is 23.7 Å². The Balaban J connectivity index is 1.40. The normalized spacial score (nSPS) is 10.1. The number of aromatic nitrogens is 4. The van der Waals surface area contributed by atoms with Gasteiger partial charge in [-0.3, -0.25) is 0 Å². The molecule has 0 aliphatic heterocycles. The Morgan fingerprint density at radius 2 is 1.00 bits per heavy atom. The first-order valence-electron chi connectivity index (χ1n) is 9.41. The van der Waals surface area contributed by atoms with Gasteiger partial charge < -0.3 is 0 Å². The van der Waals surface area contributed by atoms with E-state index in [1.807, 2.05) is 72.8 Å². The molecule has 0 aliphatic carbocycles. The fourth-order valence-corrected chi connectivity index (χ4v) is 3.00. The minimum Gasteiger partial charge on any atom is -0.229 e. The highest BCUT2D eigenvalue weighted by molar-refractivity contribution is 5.78. The molecular formula is C26H14N4. The van der Waals surface area contributed by atoms with Gasteiger partial charge in [-0.05, 0) is 42.2 Å². The monoisotopic (exact) mass is 382 g/mol. The molecule has 0 saturated heterocycles. The molecule has 0 unspecified atom stereocenters. The second-order valence-corrected chi connectivity index (χ2v) is 6.59. The molecule has 4 nitrogen and oxygen atoms in total. The number of para-hydroxylation sites is 2. The van der Waals surface area contributed by atoms with Gasteiger partial charge in [0.25, 0.3) is 0 Å². The third-order valence-electron chi connectivity index (χ3n) is 4.48. The summed E-state index contributed by atoms with van der Waals surface area (Å²) in [4.78, 5) is 17.6. The van der Waals surface area contributed by atoms with Crippen LogP contribution in [0.1, 0.15) is 22.8 Å². The highest BCUT2D eigenvalue weighted by atomic mass is 14.9. The van der Waals surface area contributed by atoms with Gasteiger partial charge >= 0.3 is 0 Å². The molecule has 3 aromatic carbocycles. The quantitative estimate of drug-likeness (QED) is 0.373. The molecule has 30 heavy (non-hydrogen) atoms. The molecule has 5 aromatic rings. The van der Waals surface area contributed by atoms with E-state index in [0.717, 1.165) is 32.9 Å². The van der Waals surface area contributed by atoms with E-state index in [2.05, 4.69) is 43.6 Å². The van der Waals surface area contributed by atoms with Crippen molar-refractivity contribution in [2.45, 2.75) is 0 Å². The van der Waals surface area contributed by atoms with Crippen LogP contribution in [0.15, 0.2) is 85.2 Å². The van der Waals surface area contributed by atoms with E-state index in [1.54, 1.807) is 12.4 Å². The molecule has 0 amide bonds. The fourth-order valence-electron chi connectivity index (χ4n) is 3.00. The number of fused-ring (bicyclic) bond motifs is 2. The van der Waals surface area contributed by atoms with Crippen LogP contribution in [0.3, 0.4) is 0 Å². The molecule has 5 rings (SSSR count). The standard InChI is InChI=1S/C26H14N4/c1-3-10-23-21(8-1)17-27-25(29-23)14-12-19-6-5-7-20(16-19)13-15-26-28-18-22-9-2-4-11-24(22)30-26/h1-11,16-18H. The zero-order chi connectivity index (χ0) is 20.2. The maximum atomic E-state index is 4.48. The van der Waals surface area contributed by atoms with Gasteiger partial charge in [-0.1, -0.05) is 54.3 Å². The number of rotatable bonds is 0. The maximum Gasteiger partial charge on any atom is 0.205 e. The lowest BCUT2D eigenvalue weighted by Gasteiger charge is -1.96. The smallest absolute Gasteiger partial charge is 0.205 e. The summed E-state index contributed by atoms with van der Waals surface area (Å²) in [5, 5.41) is 1.99. The third-order valence-corrected chi connectivity index (χ3v) is 4.48. The zero-order valence-electron chi connectivity index (χ0n) is 15.9. The average molecular weight is 382 g/mol. The van der Waals surface area contributed by atoms with Crippen molar-refractivity contribution >= 4 is 21.8 Å². The van der Waals surface area contributed by atoms with Crippen molar-refractivity contribution in [3.63, 3.8) is 0 Å². The van der Waals surface area contributed by atoms with Crippen molar-refractivity contribution in [2.24, 2.45) is 0 Å². The van der Waals surface area contributed by atoms with E-state index in [1.165, 1.54) is 0 Å². The Kier molecular flexibility index (Phi) is 4.58. The summed E-state index contributed by atoms with van der Waals surface area (Å²) < 4.78 is 0. The summed E-state index contributed by atoms with van der Waals surface area (Å²) in [5.41, 5.74) is 3.45. The van der Waals surface area contributed by atoms with Gasteiger partial charge in [0, 0.05) is 34.3 Å². The third kappa shape index (κ3) is 3.85. The van der Waals surface area contributed by atoms with Crippen molar-refractivity contribution in [1.82, 2.24) is 19.9 Å². The van der Waals surface area contributed by atoms with Gasteiger partial charge in [-0.2, -0.15) is 0 Å². The molecule has 0 spiro atoms. The van der Waals surface area contributed by atoms with Crippen LogP contribution in [0.4, 0.5) is 0 Å². The van der Waals surface area contributed by atoms with Crippen molar-refractivity contribution in [3.05, 3.63) is 108 Å². The number of benzene rings is 3. The van der Waals surface area contributed by atoms with Gasteiger partial charge in [0.2, 0.25) is 11.6 Å². The number of hydrogen-bond donors (Lipinski definition) is 0. The second-order valence-electron chi connectivity index (χ2n) is 6.59. The SMILES string of the molecule is C(#Cc1ncc2ccccc2n1)c1cccc(C#Cc2ncc3ccccc3n2)c1. The molecule has 2 heterocycles. The predicted octanol–water partition coefficient (Wildman–Crippen LogP) is 4.37. The lowest BCUT2D eigenvalue weighted by Crippen LogP contribution is -1.90. The van der Waals surface area contributed by atoms with E-state index in [0.29, 0.717) is 11.6 Å². The lowest BCUT2D eigenvalue weighted by molar-refractivity contribution is 1.17. The van der Waals surface area contributed by atoms with Crippen LogP contribution < -0.4 is 0 Å². The summed E-state index contributed by atoms with van der Waals surface area (Å²) in [6, 6.07) is 23.4. The van der Waals surface area contributed by atoms with Gasteiger partial charge in [-0.15, -0.1) is 0 Å². The first kappa shape index (κ1) is 17.6. The summed E-state index contributed by atoms with van der Waals surface area (Å²) in [6.07, 6.45) is 3.58. The molecule has 138 valence electrons. The van der Waals surface area contributed by atoms with E-state index in [4.69, 9.17) is 0 Å². The van der Waals surface area contributed by atoms with Gasteiger partial charge in [-0.25, -0.2) is 19.9 Å². The Morgan fingerprint density at radius 1 is 0.500 bits per heavy atom. The predicted molar refractivity (Wildman–Crippen MR) is 117 cm³/mol. The molecule has 0 atom stereocenters. The average Bonchev–Trinajstić information content (AvgIpc) is 2.81. The second kappa shape index (κ2) is 7.83. The Morgan fingerprint density at radius 3 is 1.53 bits per heavy atom. The molecular weight excluding hydrogens is 368 g/mol. The first-order chi connectivity index (χ1) is 14.8. The summed E-state index contributed by atoms with van der Waals surface area (Å²) in [6.45, 7) is 0. The van der Waals surface area contributed by atoms with Crippen LogP contribution in [0.2, 0.25) is 0 Å². The summed E-state index contributed by atoms with van der Waals surface area (Å²) >= 11 is 0. The highest BCUT2D eigenvalue weighted by Crippen LogP contribution is 2.10. The molecule has 0 saturated carbocycles. The van der Waals surface area contributed by atoms with Crippen LogP contribution >= 0.6 is 0 Å². The van der Waals surface area contributed by atoms with Crippen molar-refractivity contribution in [2.75, 3.05) is 0 Å². The molecule has 2 aromatic heterocycles. The van der Waals surface area contributed by atoms with Gasteiger partial charge in [0.1, 0.15) is 0 Å². The van der Waals surface area contributed by atoms with Crippen LogP contribution in [-0.2, 0) is 0 Å². The minimum atomic E-state index is 0.495. The zero-order valence-corrected chi connectivity index (χ0v) is 15.9. The molecule has 0 N–H and O–H groups in total. The fraction of sp³-hybridized carbons (Fsp3) is 0. The molecule has 0 radical (unpaired) electrons. The minimum absolute atomic E-state index is 0.495. The largest absolute Gasteiger partial charge is 0.229 e. The molecule has 0 bridgehead atoms. The van der Waals surface area contributed by atoms with E-state index in [9.17, 15) is 0 Å². The van der Waals surface area contributed by atoms with Gasteiger partial charge in [0.15, 0.2) is 0 Å². The van der Waals surface area contributed by atoms with Crippen LogP contribution in [-0.4, -0.2) is 19.9 Å². The Bertz CT molecular complexity index is 1400. The Hall–Kier alpha value is -4.54. The van der Waals surface area contributed by atoms with E-state index < -0.39 is 0 Å². The molecule has 4 heteroatoms. The number of nitrogens with zero attached hydrogens (tertiary/aromatic N) is 4. The molecule has 0 aliphatic rings. The molecule has 0 fully saturated rings. The summed E-state index contributed by atoms with van der Waals surface area (Å²) in [7, 11) is 0. The van der Waals surface area contributed by atoms with Crippen molar-refractivity contribution < 1.29 is 0 Å². The van der Waals surface area contributed by atoms with Gasteiger partial charge in [0.05, 0.1) is 11.0 Å². The van der Waals surface area contributed by atoms with Crippen LogP contribution in [0.5, 0.6) is 0 Å². The van der Waals surface area contributed by atoms with Crippen molar-refractivity contribution in [1.29, 1.82) is 0 Å². The Labute approximate surface area is 173 Å². The topological polar surface area (TPSA) is 51.6 Å². The van der Waals surface area contributed by atoms with E-state index in [-0.39, 0.29) is 0 Å². The summed E-state index contributed by atoms with van der Waals surface area (Å²) in [5.74, 6) is 13.3. The van der Waals surface area contributed by atoms with Crippen molar-refractivity contribution in [3.8, 4) is 23.7 Å². The number of hydrogen-bond acceptors (Lipinski definition) is 4. The highest BCUT2D eigenvalue weighted by Gasteiger charge is 1.98. The van der Waals surface area contributed by atoms with E-state index >= 15 is 0 Å². The first-order valence-corrected chi connectivity index (χ1v) is 9.41. The van der Waals surface area contributed by atoms with Crippen LogP contribution in [0.25, 0.3) is 21.8 Å². The lowest BCUT2D eigenvalue weighted by atomic mass is 10.1. The maximum absolute atomic E-state index is 4.48.